The molecule has 1 saturated heterocycles. The molecule has 1 aromatic heterocycles. The Bertz CT molecular complexity index is 1310. The highest BCUT2D eigenvalue weighted by Gasteiger charge is 2.30. The summed E-state index contributed by atoms with van der Waals surface area (Å²) in [6.07, 6.45) is 1.11. The third kappa shape index (κ3) is 4.87. The van der Waals surface area contributed by atoms with E-state index in [1.807, 2.05) is 32.0 Å². The summed E-state index contributed by atoms with van der Waals surface area (Å²) in [5.74, 6) is 0.203. The number of nitrogens with zero attached hydrogens (tertiary/aromatic N) is 3. The molecule has 5 rings (SSSR count). The van der Waals surface area contributed by atoms with Crippen LogP contribution in [-0.2, 0) is 4.79 Å². The average Bonchev–Trinajstić information content (AvgIpc) is 3.56. The summed E-state index contributed by atoms with van der Waals surface area (Å²) >= 11 is 0.939. The maximum Gasteiger partial charge on any atom is 0.286 e. The molecule has 1 fully saturated rings. The molecule has 186 valence electrons. The van der Waals surface area contributed by atoms with E-state index in [9.17, 15) is 14.4 Å². The number of hydrogen-bond donors (Lipinski definition) is 2. The molecule has 0 unspecified atom stereocenters. The quantitative estimate of drug-likeness (QED) is 0.541. The monoisotopic (exact) mass is 507 g/mol. The average molecular weight is 508 g/mol. The fourth-order valence-electron chi connectivity index (χ4n) is 4.28. The number of carbonyl (C=O) groups excluding carboxylic acids is 3. The number of piperidine rings is 1. The fourth-order valence-corrected chi connectivity index (χ4v) is 4.98. The number of anilines is 2. The SMILES string of the molecule is Cc1cccc(C)c1NC(=O)C1CCN(C(=O)c2nnc(C(=O)Nc3ccc4c(c3)OCO4)s2)CC1. The van der Waals surface area contributed by atoms with Crippen molar-refractivity contribution in [1.82, 2.24) is 15.1 Å². The van der Waals surface area contributed by atoms with Gasteiger partial charge in [-0.15, -0.1) is 10.2 Å². The minimum Gasteiger partial charge on any atom is -0.454 e. The van der Waals surface area contributed by atoms with Gasteiger partial charge in [-0.2, -0.15) is 0 Å². The molecular formula is C25H25N5O5S. The third-order valence-electron chi connectivity index (χ3n) is 6.31. The zero-order valence-electron chi connectivity index (χ0n) is 19.9. The van der Waals surface area contributed by atoms with Crippen molar-refractivity contribution in [1.29, 1.82) is 0 Å². The second-order valence-electron chi connectivity index (χ2n) is 8.76. The van der Waals surface area contributed by atoms with E-state index in [-0.39, 0.29) is 34.5 Å². The lowest BCUT2D eigenvalue weighted by Crippen LogP contribution is -2.41. The first-order chi connectivity index (χ1) is 17.4. The van der Waals surface area contributed by atoms with Crippen molar-refractivity contribution < 1.29 is 23.9 Å². The van der Waals surface area contributed by atoms with Gasteiger partial charge in [0.05, 0.1) is 0 Å². The van der Waals surface area contributed by atoms with Crippen molar-refractivity contribution in [3.63, 3.8) is 0 Å². The first kappa shape index (κ1) is 23.7. The van der Waals surface area contributed by atoms with E-state index < -0.39 is 5.91 Å². The van der Waals surface area contributed by atoms with Gasteiger partial charge in [0.2, 0.25) is 22.7 Å². The highest BCUT2D eigenvalue weighted by Crippen LogP contribution is 2.34. The molecule has 3 aromatic rings. The molecule has 0 radical (unpaired) electrons. The summed E-state index contributed by atoms with van der Waals surface area (Å²) in [5, 5.41) is 13.8. The molecule has 36 heavy (non-hydrogen) atoms. The van der Waals surface area contributed by atoms with Gasteiger partial charge in [0.15, 0.2) is 11.5 Å². The van der Waals surface area contributed by atoms with Gasteiger partial charge in [0.25, 0.3) is 11.8 Å². The van der Waals surface area contributed by atoms with E-state index >= 15 is 0 Å². The zero-order chi connectivity index (χ0) is 25.2. The Kier molecular flexibility index (Phi) is 6.55. The molecule has 2 aliphatic rings. The van der Waals surface area contributed by atoms with Gasteiger partial charge >= 0.3 is 0 Å². The van der Waals surface area contributed by atoms with Crippen LogP contribution in [0.2, 0.25) is 0 Å². The molecule has 0 saturated carbocycles. The largest absolute Gasteiger partial charge is 0.454 e. The number of likely N-dealkylation sites (tertiary alicyclic amines) is 1. The molecule has 0 bridgehead atoms. The van der Waals surface area contributed by atoms with Crippen molar-refractivity contribution in [2.75, 3.05) is 30.5 Å². The molecule has 0 spiro atoms. The van der Waals surface area contributed by atoms with Crippen LogP contribution in [0.3, 0.4) is 0 Å². The van der Waals surface area contributed by atoms with Crippen LogP contribution in [0.4, 0.5) is 11.4 Å². The van der Waals surface area contributed by atoms with Crippen molar-refractivity contribution in [3.8, 4) is 11.5 Å². The number of para-hydroxylation sites is 1. The lowest BCUT2D eigenvalue weighted by atomic mass is 9.95. The van der Waals surface area contributed by atoms with Gasteiger partial charge in [-0.1, -0.05) is 29.5 Å². The number of benzene rings is 2. The number of nitrogens with one attached hydrogen (secondary N) is 2. The molecular weight excluding hydrogens is 482 g/mol. The molecule has 2 aliphatic heterocycles. The van der Waals surface area contributed by atoms with Crippen LogP contribution in [-0.4, -0.2) is 52.7 Å². The molecule has 3 heterocycles. The van der Waals surface area contributed by atoms with Crippen LogP contribution in [0.5, 0.6) is 11.5 Å². The highest BCUT2D eigenvalue weighted by atomic mass is 32.1. The van der Waals surface area contributed by atoms with Gasteiger partial charge in [0.1, 0.15) is 0 Å². The Hall–Kier alpha value is -3.99. The summed E-state index contributed by atoms with van der Waals surface area (Å²) in [6.45, 7) is 4.94. The Morgan fingerprint density at radius 2 is 1.64 bits per heavy atom. The second kappa shape index (κ2) is 9.94. The molecule has 10 nitrogen and oxygen atoms in total. The van der Waals surface area contributed by atoms with Crippen molar-refractivity contribution in [2.45, 2.75) is 26.7 Å². The summed E-state index contributed by atoms with van der Waals surface area (Å²) in [7, 11) is 0. The maximum atomic E-state index is 12.9. The predicted molar refractivity (Wildman–Crippen MR) is 134 cm³/mol. The number of ether oxygens (including phenoxy) is 2. The Labute approximate surface area is 211 Å². The van der Waals surface area contributed by atoms with Crippen molar-refractivity contribution >= 4 is 40.4 Å². The van der Waals surface area contributed by atoms with Crippen LogP contribution < -0.4 is 20.1 Å². The number of hydrogen-bond acceptors (Lipinski definition) is 8. The van der Waals surface area contributed by atoms with Gasteiger partial charge in [-0.05, 0) is 49.9 Å². The second-order valence-corrected chi connectivity index (χ2v) is 9.73. The predicted octanol–water partition coefficient (Wildman–Crippen LogP) is 3.63. The van der Waals surface area contributed by atoms with E-state index in [2.05, 4.69) is 20.8 Å². The number of amides is 3. The van der Waals surface area contributed by atoms with Gasteiger partial charge in [0, 0.05) is 36.4 Å². The topological polar surface area (TPSA) is 123 Å². The van der Waals surface area contributed by atoms with E-state index in [0.717, 1.165) is 28.2 Å². The number of aryl methyl sites for hydroxylation is 2. The van der Waals surface area contributed by atoms with Gasteiger partial charge < -0.3 is 25.0 Å². The van der Waals surface area contributed by atoms with Crippen LogP contribution in [0.1, 0.15) is 43.6 Å². The molecule has 2 N–H and O–H groups in total. The van der Waals surface area contributed by atoms with E-state index in [1.54, 1.807) is 23.1 Å². The summed E-state index contributed by atoms with van der Waals surface area (Å²) in [4.78, 5) is 40.0. The van der Waals surface area contributed by atoms with E-state index in [1.165, 1.54) is 0 Å². The minimum atomic E-state index is -0.465. The fraction of sp³-hybridized carbons (Fsp3) is 0.320. The van der Waals surface area contributed by atoms with Crippen LogP contribution in [0, 0.1) is 19.8 Å². The Morgan fingerprint density at radius 3 is 2.39 bits per heavy atom. The van der Waals surface area contributed by atoms with Gasteiger partial charge in [-0.3, -0.25) is 14.4 Å². The first-order valence-corrected chi connectivity index (χ1v) is 12.4. The van der Waals surface area contributed by atoms with Crippen LogP contribution >= 0.6 is 11.3 Å². The van der Waals surface area contributed by atoms with Crippen LogP contribution in [0.25, 0.3) is 0 Å². The van der Waals surface area contributed by atoms with Crippen LogP contribution in [0.15, 0.2) is 36.4 Å². The smallest absolute Gasteiger partial charge is 0.286 e. The lowest BCUT2D eigenvalue weighted by Gasteiger charge is -2.30. The summed E-state index contributed by atoms with van der Waals surface area (Å²) < 4.78 is 10.6. The molecule has 0 aliphatic carbocycles. The minimum absolute atomic E-state index is 0.0297. The first-order valence-electron chi connectivity index (χ1n) is 11.6. The zero-order valence-corrected chi connectivity index (χ0v) is 20.7. The molecule has 2 aromatic carbocycles. The Morgan fingerprint density at radius 1 is 0.944 bits per heavy atom. The van der Waals surface area contributed by atoms with Crippen molar-refractivity contribution in [2.24, 2.45) is 5.92 Å². The number of carbonyl (C=O) groups is 3. The molecule has 11 heteroatoms. The maximum absolute atomic E-state index is 12.9. The third-order valence-corrected chi connectivity index (χ3v) is 7.22. The van der Waals surface area contributed by atoms with E-state index in [4.69, 9.17) is 9.47 Å². The van der Waals surface area contributed by atoms with E-state index in [0.29, 0.717) is 43.1 Å². The summed E-state index contributed by atoms with van der Waals surface area (Å²) in [6, 6.07) is 11.0. The molecule has 0 atom stereocenters. The lowest BCUT2D eigenvalue weighted by molar-refractivity contribution is -0.121. The van der Waals surface area contributed by atoms with Gasteiger partial charge in [-0.25, -0.2) is 0 Å². The number of rotatable bonds is 5. The normalized spacial score (nSPS) is 15.0. The highest BCUT2D eigenvalue weighted by molar-refractivity contribution is 7.15. The van der Waals surface area contributed by atoms with Crippen molar-refractivity contribution in [3.05, 3.63) is 57.5 Å². The number of aromatic nitrogens is 2. The standard InChI is InChI=1S/C25H25N5O5S/c1-14-4-3-5-15(2)20(14)27-21(31)16-8-10-30(11-9-16)25(33)24-29-28-23(36-24)22(32)26-17-6-7-18-19(12-17)35-13-34-18/h3-7,12,16H,8-11,13H2,1-2H3,(H,26,32)(H,27,31). The Balaban J connectivity index is 1.16. The summed E-state index contributed by atoms with van der Waals surface area (Å²) in [5.41, 5.74) is 3.41. The molecule has 3 amide bonds. The number of fused-ring (bicyclic) bond motifs is 1.